The monoisotopic (exact) mass is 412 g/mol. The van der Waals surface area contributed by atoms with E-state index in [9.17, 15) is 9.59 Å². The highest BCUT2D eigenvalue weighted by Crippen LogP contribution is 2.20. The molecule has 2 N–H and O–H groups in total. The number of amides is 1. The molecule has 164 valence electrons. The van der Waals surface area contributed by atoms with Crippen molar-refractivity contribution in [2.45, 2.75) is 72.4 Å². The third-order valence-electron chi connectivity index (χ3n) is 5.21. The van der Waals surface area contributed by atoms with E-state index >= 15 is 0 Å². The van der Waals surface area contributed by atoms with E-state index in [1.54, 1.807) is 6.07 Å². The molecule has 2 aromatic rings. The second-order valence-corrected chi connectivity index (χ2v) is 8.82. The molecule has 0 saturated carbocycles. The molecule has 0 aliphatic rings. The number of hydrogen-bond donors (Lipinski definition) is 2. The number of hydrogen-bond acceptors (Lipinski definition) is 4. The van der Waals surface area contributed by atoms with Crippen LogP contribution in [0.3, 0.4) is 0 Å². The highest BCUT2D eigenvalue weighted by molar-refractivity contribution is 5.96. The molecule has 0 saturated heterocycles. The molecule has 2 atom stereocenters. The van der Waals surface area contributed by atoms with E-state index in [-0.39, 0.29) is 29.5 Å². The Labute approximate surface area is 180 Å². The molecular weight excluding hydrogens is 376 g/mol. The second-order valence-electron chi connectivity index (χ2n) is 8.82. The van der Waals surface area contributed by atoms with E-state index in [4.69, 9.17) is 4.42 Å². The zero-order valence-corrected chi connectivity index (χ0v) is 19.0. The Balaban J connectivity index is 2.13. The summed E-state index contributed by atoms with van der Waals surface area (Å²) in [6.07, 6.45) is 2.91. The van der Waals surface area contributed by atoms with Gasteiger partial charge in [0.2, 0.25) is 0 Å². The van der Waals surface area contributed by atoms with Crippen molar-refractivity contribution in [1.82, 2.24) is 10.6 Å². The van der Waals surface area contributed by atoms with Gasteiger partial charge in [0.15, 0.2) is 11.5 Å². The molecule has 5 nitrogen and oxygen atoms in total. The molecule has 0 radical (unpaired) electrons. The van der Waals surface area contributed by atoms with Gasteiger partial charge in [-0.3, -0.25) is 9.59 Å². The van der Waals surface area contributed by atoms with E-state index in [2.05, 4.69) is 44.9 Å². The zero-order chi connectivity index (χ0) is 22.3. The van der Waals surface area contributed by atoms with Gasteiger partial charge in [0, 0.05) is 17.5 Å². The van der Waals surface area contributed by atoms with Crippen LogP contribution in [-0.4, -0.2) is 23.8 Å². The lowest BCUT2D eigenvalue weighted by atomic mass is 9.97. The fraction of sp³-hybridized carbons (Fsp3) is 0.520. The van der Waals surface area contributed by atoms with Gasteiger partial charge in [0.05, 0.1) is 12.1 Å². The maximum Gasteiger partial charge on any atom is 0.287 e. The first-order valence-electron chi connectivity index (χ1n) is 11.0. The number of rotatable bonds is 12. The maximum absolute atomic E-state index is 12.9. The Kier molecular flexibility index (Phi) is 8.70. The van der Waals surface area contributed by atoms with Crippen LogP contribution in [0.2, 0.25) is 0 Å². The van der Waals surface area contributed by atoms with Gasteiger partial charge in [-0.15, -0.1) is 0 Å². The average Bonchev–Trinajstić information content (AvgIpc) is 3.13. The number of carbonyl (C=O) groups excluding carboxylic acids is 2. The summed E-state index contributed by atoms with van der Waals surface area (Å²) in [5.41, 5.74) is 1.35. The summed E-state index contributed by atoms with van der Waals surface area (Å²) in [6, 6.07) is 8.72. The predicted molar refractivity (Wildman–Crippen MR) is 122 cm³/mol. The second kappa shape index (κ2) is 11.0. The van der Waals surface area contributed by atoms with Crippen molar-refractivity contribution in [1.29, 1.82) is 0 Å². The molecule has 2 rings (SSSR count). The molecule has 1 aromatic carbocycles. The largest absolute Gasteiger partial charge is 0.451 e. The van der Waals surface area contributed by atoms with E-state index < -0.39 is 0 Å². The average molecular weight is 413 g/mol. The van der Waals surface area contributed by atoms with E-state index in [0.29, 0.717) is 29.5 Å². The summed E-state index contributed by atoms with van der Waals surface area (Å²) in [5.74, 6) is 1.04. The molecule has 5 heteroatoms. The Hall–Kier alpha value is -2.56. The van der Waals surface area contributed by atoms with E-state index in [1.165, 1.54) is 0 Å². The van der Waals surface area contributed by atoms with Gasteiger partial charge >= 0.3 is 0 Å². The summed E-state index contributed by atoms with van der Waals surface area (Å²) in [4.78, 5) is 25.3. The van der Waals surface area contributed by atoms with Gasteiger partial charge in [-0.1, -0.05) is 59.4 Å². The van der Waals surface area contributed by atoms with Gasteiger partial charge in [0.25, 0.3) is 5.91 Å². The van der Waals surface area contributed by atoms with Gasteiger partial charge < -0.3 is 15.1 Å². The summed E-state index contributed by atoms with van der Waals surface area (Å²) in [7, 11) is 0. The molecule has 1 heterocycles. The van der Waals surface area contributed by atoms with Crippen LogP contribution in [-0.2, 0) is 4.79 Å². The predicted octanol–water partition coefficient (Wildman–Crippen LogP) is 5.46. The van der Waals surface area contributed by atoms with Gasteiger partial charge in [-0.05, 0) is 43.2 Å². The maximum atomic E-state index is 12.9. The summed E-state index contributed by atoms with van der Waals surface area (Å²) in [5, 5.41) is 7.26. The minimum Gasteiger partial charge on any atom is -0.451 e. The van der Waals surface area contributed by atoms with E-state index in [0.717, 1.165) is 24.6 Å². The van der Waals surface area contributed by atoms with Crippen LogP contribution in [0.5, 0.6) is 0 Å². The number of fused-ring (bicyclic) bond motifs is 1. The first-order chi connectivity index (χ1) is 14.2. The van der Waals surface area contributed by atoms with Crippen molar-refractivity contribution in [2.75, 3.05) is 0 Å². The van der Waals surface area contributed by atoms with Crippen molar-refractivity contribution >= 4 is 22.7 Å². The highest BCUT2D eigenvalue weighted by atomic mass is 16.3. The summed E-state index contributed by atoms with van der Waals surface area (Å²) >= 11 is 0. The van der Waals surface area contributed by atoms with Crippen molar-refractivity contribution < 1.29 is 14.0 Å². The van der Waals surface area contributed by atoms with Crippen molar-refractivity contribution in [2.24, 2.45) is 11.8 Å². The number of carbonyl (C=O) groups is 2. The Morgan fingerprint density at radius 2 is 1.70 bits per heavy atom. The molecule has 0 aliphatic heterocycles. The molecule has 1 aromatic heterocycles. The third kappa shape index (κ3) is 6.75. The molecule has 1 amide bonds. The summed E-state index contributed by atoms with van der Waals surface area (Å²) in [6.45, 7) is 14.5. The minimum absolute atomic E-state index is 0.170. The molecule has 0 spiro atoms. The zero-order valence-electron chi connectivity index (χ0n) is 19.0. The quantitative estimate of drug-likeness (QED) is 0.485. The first kappa shape index (κ1) is 23.7. The third-order valence-corrected chi connectivity index (χ3v) is 5.21. The first-order valence-corrected chi connectivity index (χ1v) is 11.0. The molecule has 0 bridgehead atoms. The van der Waals surface area contributed by atoms with Crippen LogP contribution >= 0.6 is 0 Å². The van der Waals surface area contributed by atoms with Crippen LogP contribution in [0.15, 0.2) is 47.0 Å². The molecule has 0 aliphatic carbocycles. The lowest BCUT2D eigenvalue weighted by Gasteiger charge is -2.27. The number of ketones is 1. The topological polar surface area (TPSA) is 71.3 Å². The van der Waals surface area contributed by atoms with Crippen molar-refractivity contribution in [3.05, 3.63) is 48.4 Å². The Morgan fingerprint density at radius 3 is 2.30 bits per heavy atom. The standard InChI is InChI=1S/C25H36N2O3/c1-7-22(28)20(13-12-16(2)3)26-18(6)21(14-17(4)5)27-25(29)24-15-19-10-8-9-11-23(19)30-24/h8-11,15-17,20-21,26H,6-7,12-14H2,1-5H3,(H,27,29). The minimum atomic E-state index is -0.295. The Morgan fingerprint density at radius 1 is 1.00 bits per heavy atom. The fourth-order valence-corrected chi connectivity index (χ4v) is 3.47. The number of furan rings is 1. The highest BCUT2D eigenvalue weighted by Gasteiger charge is 2.24. The number of Topliss-reactive ketones (excluding diaryl/α,β-unsaturated/α-hetero) is 1. The van der Waals surface area contributed by atoms with E-state index in [1.807, 2.05) is 31.2 Å². The van der Waals surface area contributed by atoms with Crippen LogP contribution in [0.4, 0.5) is 0 Å². The molecule has 2 unspecified atom stereocenters. The smallest absolute Gasteiger partial charge is 0.287 e. The lowest BCUT2D eigenvalue weighted by molar-refractivity contribution is -0.120. The summed E-state index contributed by atoms with van der Waals surface area (Å²) < 4.78 is 5.70. The normalized spacial score (nSPS) is 13.4. The SMILES string of the molecule is C=C(NC(CCC(C)C)C(=O)CC)C(CC(C)C)NC(=O)c1cc2ccccc2o1. The van der Waals surface area contributed by atoms with Gasteiger partial charge in [-0.2, -0.15) is 0 Å². The van der Waals surface area contributed by atoms with Crippen LogP contribution in [0, 0.1) is 11.8 Å². The number of benzene rings is 1. The van der Waals surface area contributed by atoms with Crippen LogP contribution in [0.25, 0.3) is 11.0 Å². The Bertz CT molecular complexity index is 833. The van der Waals surface area contributed by atoms with Crippen molar-refractivity contribution in [3.8, 4) is 0 Å². The van der Waals surface area contributed by atoms with Gasteiger partial charge in [0.1, 0.15) is 5.58 Å². The van der Waals surface area contributed by atoms with Crippen molar-refractivity contribution in [3.63, 3.8) is 0 Å². The molecule has 30 heavy (non-hydrogen) atoms. The molecular formula is C25H36N2O3. The van der Waals surface area contributed by atoms with Gasteiger partial charge in [-0.25, -0.2) is 0 Å². The fourth-order valence-electron chi connectivity index (χ4n) is 3.47. The number of nitrogens with one attached hydrogen (secondary N) is 2. The number of para-hydroxylation sites is 1. The molecule has 0 fully saturated rings. The lowest BCUT2D eigenvalue weighted by Crippen LogP contribution is -2.45. The van der Waals surface area contributed by atoms with Crippen LogP contribution in [0.1, 0.15) is 70.9 Å². The van der Waals surface area contributed by atoms with Crippen LogP contribution < -0.4 is 10.6 Å².